The van der Waals surface area contributed by atoms with E-state index in [-0.39, 0.29) is 0 Å². The monoisotopic (exact) mass is 414 g/mol. The number of nitrogens with zero attached hydrogens (tertiary/aromatic N) is 1. The predicted molar refractivity (Wildman–Crippen MR) is 77.3 cm³/mol. The van der Waals surface area contributed by atoms with E-state index in [9.17, 15) is 0 Å². The van der Waals surface area contributed by atoms with Crippen LogP contribution in [-0.2, 0) is 0 Å². The SMILES string of the molecule is Clc1csc(Nc2ccc(I)c(Br)c2)n1. The first-order chi connectivity index (χ1) is 7.15. The summed E-state index contributed by atoms with van der Waals surface area (Å²) < 4.78 is 2.24. The number of hydrogen-bond acceptors (Lipinski definition) is 3. The number of benzene rings is 1. The Hall–Kier alpha value is 0.150. The van der Waals surface area contributed by atoms with Gasteiger partial charge in [-0.25, -0.2) is 4.98 Å². The Labute approximate surface area is 118 Å². The van der Waals surface area contributed by atoms with Crippen molar-refractivity contribution in [3.63, 3.8) is 0 Å². The zero-order valence-electron chi connectivity index (χ0n) is 7.30. The molecule has 0 saturated heterocycles. The average Bonchev–Trinajstić information content (AvgIpc) is 2.58. The van der Waals surface area contributed by atoms with E-state index in [2.05, 4.69) is 48.8 Å². The highest BCUT2D eigenvalue weighted by Gasteiger charge is 2.02. The van der Waals surface area contributed by atoms with Gasteiger partial charge in [-0.05, 0) is 56.7 Å². The number of thiazole rings is 1. The fourth-order valence-electron chi connectivity index (χ4n) is 1.01. The number of rotatable bonds is 2. The second-order valence-electron chi connectivity index (χ2n) is 2.73. The highest BCUT2D eigenvalue weighted by molar-refractivity contribution is 14.1. The predicted octanol–water partition coefficient (Wildman–Crippen LogP) is 4.91. The molecule has 0 aliphatic rings. The third-order valence-electron chi connectivity index (χ3n) is 1.65. The van der Waals surface area contributed by atoms with Crippen molar-refractivity contribution in [3.8, 4) is 0 Å². The van der Waals surface area contributed by atoms with Gasteiger partial charge in [-0.15, -0.1) is 11.3 Å². The molecule has 1 aromatic carbocycles. The summed E-state index contributed by atoms with van der Waals surface area (Å²) in [6.07, 6.45) is 0. The molecule has 2 nitrogen and oxygen atoms in total. The molecule has 0 atom stereocenters. The highest BCUT2D eigenvalue weighted by Crippen LogP contribution is 2.27. The molecule has 0 fully saturated rings. The lowest BCUT2D eigenvalue weighted by atomic mass is 10.3. The van der Waals surface area contributed by atoms with Gasteiger partial charge in [0.05, 0.1) is 0 Å². The lowest BCUT2D eigenvalue weighted by Crippen LogP contribution is -1.89. The van der Waals surface area contributed by atoms with Crippen LogP contribution in [0, 0.1) is 3.57 Å². The minimum atomic E-state index is 0.520. The molecule has 78 valence electrons. The van der Waals surface area contributed by atoms with Crippen LogP contribution in [-0.4, -0.2) is 4.98 Å². The van der Waals surface area contributed by atoms with Crippen molar-refractivity contribution in [3.05, 3.63) is 36.8 Å². The van der Waals surface area contributed by atoms with Gasteiger partial charge in [-0.1, -0.05) is 11.6 Å². The molecule has 0 radical (unpaired) electrons. The van der Waals surface area contributed by atoms with Gasteiger partial charge in [-0.2, -0.15) is 0 Å². The molecule has 0 unspecified atom stereocenters. The molecule has 0 spiro atoms. The molecule has 0 bridgehead atoms. The number of aromatic nitrogens is 1. The van der Waals surface area contributed by atoms with Gasteiger partial charge in [0.25, 0.3) is 0 Å². The lowest BCUT2D eigenvalue weighted by Gasteiger charge is -2.03. The largest absolute Gasteiger partial charge is 0.331 e. The standard InChI is InChI=1S/C9H5BrClIN2S/c10-6-3-5(1-2-7(6)12)13-9-14-8(11)4-15-9/h1-4H,(H,13,14). The summed E-state index contributed by atoms with van der Waals surface area (Å²) >= 11 is 13.0. The number of nitrogens with one attached hydrogen (secondary N) is 1. The van der Waals surface area contributed by atoms with Crippen molar-refractivity contribution in [1.82, 2.24) is 4.98 Å². The van der Waals surface area contributed by atoms with Crippen LogP contribution in [0.5, 0.6) is 0 Å². The van der Waals surface area contributed by atoms with Crippen molar-refractivity contribution >= 4 is 72.3 Å². The molecule has 6 heteroatoms. The molecule has 2 rings (SSSR count). The van der Waals surface area contributed by atoms with E-state index >= 15 is 0 Å². The summed E-state index contributed by atoms with van der Waals surface area (Å²) in [6, 6.07) is 6.04. The molecule has 1 N–H and O–H groups in total. The molecule has 15 heavy (non-hydrogen) atoms. The minimum Gasteiger partial charge on any atom is -0.331 e. The normalized spacial score (nSPS) is 10.3. The zero-order valence-corrected chi connectivity index (χ0v) is 12.6. The summed E-state index contributed by atoms with van der Waals surface area (Å²) in [7, 11) is 0. The van der Waals surface area contributed by atoms with Gasteiger partial charge in [0.2, 0.25) is 0 Å². The average molecular weight is 415 g/mol. The third-order valence-corrected chi connectivity index (χ3v) is 5.07. The zero-order chi connectivity index (χ0) is 10.8. The van der Waals surface area contributed by atoms with Crippen LogP contribution in [0.25, 0.3) is 0 Å². The molecule has 1 heterocycles. The van der Waals surface area contributed by atoms with E-state index in [1.165, 1.54) is 14.9 Å². The van der Waals surface area contributed by atoms with Crippen molar-refractivity contribution in [2.75, 3.05) is 5.32 Å². The Morgan fingerprint density at radius 2 is 2.27 bits per heavy atom. The van der Waals surface area contributed by atoms with Gasteiger partial charge in [0, 0.05) is 19.1 Å². The molecule has 0 amide bonds. The maximum Gasteiger partial charge on any atom is 0.188 e. The van der Waals surface area contributed by atoms with E-state index in [1.54, 1.807) is 5.38 Å². The molecule has 1 aromatic heterocycles. The van der Waals surface area contributed by atoms with Crippen LogP contribution in [0.2, 0.25) is 5.15 Å². The molecule has 0 saturated carbocycles. The first-order valence-electron chi connectivity index (χ1n) is 3.98. The van der Waals surface area contributed by atoms with Crippen LogP contribution in [0.15, 0.2) is 28.1 Å². The van der Waals surface area contributed by atoms with Crippen LogP contribution in [0.4, 0.5) is 10.8 Å². The summed E-state index contributed by atoms with van der Waals surface area (Å²) in [5.41, 5.74) is 0.994. The number of anilines is 2. The van der Waals surface area contributed by atoms with Crippen molar-refractivity contribution in [2.45, 2.75) is 0 Å². The summed E-state index contributed by atoms with van der Waals surface area (Å²) in [5.74, 6) is 0. The van der Waals surface area contributed by atoms with Crippen LogP contribution >= 0.6 is 61.5 Å². The van der Waals surface area contributed by atoms with Gasteiger partial charge < -0.3 is 5.32 Å². The maximum atomic E-state index is 5.73. The Kier molecular flexibility index (Phi) is 3.87. The first-order valence-corrected chi connectivity index (χ1v) is 7.11. The second kappa shape index (κ2) is 4.99. The molecule has 0 aliphatic heterocycles. The maximum absolute atomic E-state index is 5.73. The van der Waals surface area contributed by atoms with Gasteiger partial charge >= 0.3 is 0 Å². The van der Waals surface area contributed by atoms with Gasteiger partial charge in [0.15, 0.2) is 5.13 Å². The fourth-order valence-corrected chi connectivity index (χ4v) is 2.58. The van der Waals surface area contributed by atoms with Gasteiger partial charge in [0.1, 0.15) is 5.15 Å². The lowest BCUT2D eigenvalue weighted by molar-refractivity contribution is 1.39. The van der Waals surface area contributed by atoms with Crippen LogP contribution in [0.3, 0.4) is 0 Å². The van der Waals surface area contributed by atoms with Crippen molar-refractivity contribution < 1.29 is 0 Å². The Balaban J connectivity index is 2.21. The highest BCUT2D eigenvalue weighted by atomic mass is 127. The molecular weight excluding hydrogens is 410 g/mol. The Bertz CT molecular complexity index is 489. The number of halogens is 3. The third kappa shape index (κ3) is 3.05. The molecule has 0 aliphatic carbocycles. The minimum absolute atomic E-state index is 0.520. The van der Waals surface area contributed by atoms with Gasteiger partial charge in [-0.3, -0.25) is 0 Å². The fraction of sp³-hybridized carbons (Fsp3) is 0. The molecule has 2 aromatic rings. The topological polar surface area (TPSA) is 24.9 Å². The summed E-state index contributed by atoms with van der Waals surface area (Å²) in [5, 5.41) is 6.30. The Morgan fingerprint density at radius 3 is 2.87 bits per heavy atom. The quantitative estimate of drug-likeness (QED) is 0.706. The molecular formula is C9H5BrClIN2S. The van der Waals surface area contributed by atoms with Crippen LogP contribution < -0.4 is 5.32 Å². The van der Waals surface area contributed by atoms with E-state index in [4.69, 9.17) is 11.6 Å². The first kappa shape index (κ1) is 11.6. The van der Waals surface area contributed by atoms with Crippen LogP contribution in [0.1, 0.15) is 0 Å². The van der Waals surface area contributed by atoms with Crippen molar-refractivity contribution in [2.24, 2.45) is 0 Å². The Morgan fingerprint density at radius 1 is 1.47 bits per heavy atom. The summed E-state index contributed by atoms with van der Waals surface area (Å²) in [4.78, 5) is 4.11. The van der Waals surface area contributed by atoms with Crippen molar-refractivity contribution in [1.29, 1.82) is 0 Å². The second-order valence-corrected chi connectivity index (χ2v) is 5.99. The smallest absolute Gasteiger partial charge is 0.188 e. The van der Waals surface area contributed by atoms with E-state index < -0.39 is 0 Å². The van der Waals surface area contributed by atoms with E-state index in [0.29, 0.717) is 5.15 Å². The van der Waals surface area contributed by atoms with E-state index in [0.717, 1.165) is 15.3 Å². The summed E-state index contributed by atoms with van der Waals surface area (Å²) in [6.45, 7) is 0. The number of hydrogen-bond donors (Lipinski definition) is 1. The van der Waals surface area contributed by atoms with E-state index in [1.807, 2.05) is 18.2 Å².